The number of halogens is 3. The van der Waals surface area contributed by atoms with E-state index in [0.29, 0.717) is 39.0 Å². The molecule has 0 bridgehead atoms. The molecule has 2 atom stereocenters. The zero-order valence-corrected chi connectivity index (χ0v) is 12.7. The van der Waals surface area contributed by atoms with Crippen LogP contribution in [0.4, 0.5) is 13.2 Å². The predicted molar refractivity (Wildman–Crippen MR) is 73.9 cm³/mol. The van der Waals surface area contributed by atoms with Crippen molar-refractivity contribution >= 4 is 5.91 Å². The lowest BCUT2D eigenvalue weighted by molar-refractivity contribution is -0.164. The number of ether oxygens (including phenoxy) is 1. The molecule has 1 rings (SSSR count). The Bertz CT molecular complexity index is 324. The summed E-state index contributed by atoms with van der Waals surface area (Å²) < 4.78 is 43.1. The van der Waals surface area contributed by atoms with Gasteiger partial charge in [0, 0.05) is 31.7 Å². The highest BCUT2D eigenvalue weighted by Gasteiger charge is 2.36. The standard InChI is InChI=1S/C14H25F3N2O2/c1-3-21-8-4-7-19(10-14(15,16)17)13(20)12-5-6-18-11(2)9-12/h11-12,18H,3-10H2,1-2H3. The number of nitrogens with zero attached hydrogens (tertiary/aromatic N) is 1. The van der Waals surface area contributed by atoms with Crippen molar-refractivity contribution in [3.8, 4) is 0 Å². The molecule has 1 aliphatic rings. The second-order valence-corrected chi connectivity index (χ2v) is 5.50. The van der Waals surface area contributed by atoms with Gasteiger partial charge in [-0.1, -0.05) is 0 Å². The van der Waals surface area contributed by atoms with Crippen LogP contribution < -0.4 is 5.32 Å². The van der Waals surface area contributed by atoms with Gasteiger partial charge in [0.25, 0.3) is 0 Å². The van der Waals surface area contributed by atoms with Gasteiger partial charge < -0.3 is 15.0 Å². The molecule has 0 aromatic heterocycles. The lowest BCUT2D eigenvalue weighted by Crippen LogP contribution is -2.47. The summed E-state index contributed by atoms with van der Waals surface area (Å²) >= 11 is 0. The van der Waals surface area contributed by atoms with E-state index >= 15 is 0 Å². The molecule has 1 fully saturated rings. The predicted octanol–water partition coefficient (Wildman–Crippen LogP) is 2.19. The molecule has 1 saturated heterocycles. The molecule has 0 aromatic rings. The van der Waals surface area contributed by atoms with Gasteiger partial charge >= 0.3 is 6.18 Å². The fourth-order valence-electron chi connectivity index (χ4n) is 2.60. The number of carbonyl (C=O) groups excluding carboxylic acids is 1. The van der Waals surface area contributed by atoms with Gasteiger partial charge in [-0.25, -0.2) is 0 Å². The van der Waals surface area contributed by atoms with Crippen molar-refractivity contribution in [2.24, 2.45) is 5.92 Å². The van der Waals surface area contributed by atoms with Gasteiger partial charge in [-0.3, -0.25) is 4.79 Å². The minimum absolute atomic E-state index is 0.0939. The monoisotopic (exact) mass is 310 g/mol. The highest BCUT2D eigenvalue weighted by atomic mass is 19.4. The van der Waals surface area contributed by atoms with Gasteiger partial charge in [-0.05, 0) is 39.7 Å². The van der Waals surface area contributed by atoms with E-state index in [1.165, 1.54) is 0 Å². The summed E-state index contributed by atoms with van der Waals surface area (Å²) in [6.07, 6.45) is -2.74. The van der Waals surface area contributed by atoms with E-state index in [0.717, 1.165) is 4.90 Å². The maximum Gasteiger partial charge on any atom is 0.406 e. The third kappa shape index (κ3) is 7.13. The van der Waals surface area contributed by atoms with E-state index in [-0.39, 0.29) is 24.4 Å². The van der Waals surface area contributed by atoms with Crippen LogP contribution in [0.1, 0.15) is 33.1 Å². The second kappa shape index (κ2) is 8.58. The smallest absolute Gasteiger partial charge is 0.382 e. The molecular weight excluding hydrogens is 285 g/mol. The molecule has 2 unspecified atom stereocenters. The van der Waals surface area contributed by atoms with E-state index in [1.54, 1.807) is 0 Å². The number of alkyl halides is 3. The molecule has 21 heavy (non-hydrogen) atoms. The first-order valence-electron chi connectivity index (χ1n) is 7.50. The fraction of sp³-hybridized carbons (Fsp3) is 0.929. The average Bonchev–Trinajstić information content (AvgIpc) is 2.40. The van der Waals surface area contributed by atoms with Crippen molar-refractivity contribution < 1.29 is 22.7 Å². The van der Waals surface area contributed by atoms with Crippen molar-refractivity contribution in [3.63, 3.8) is 0 Å². The first-order valence-corrected chi connectivity index (χ1v) is 7.50. The minimum Gasteiger partial charge on any atom is -0.382 e. The third-order valence-electron chi connectivity index (χ3n) is 3.58. The summed E-state index contributed by atoms with van der Waals surface area (Å²) in [5, 5.41) is 3.20. The van der Waals surface area contributed by atoms with Crippen molar-refractivity contribution in [2.45, 2.75) is 45.3 Å². The number of amides is 1. The third-order valence-corrected chi connectivity index (χ3v) is 3.58. The molecule has 0 aromatic carbocycles. The Balaban J connectivity index is 2.58. The minimum atomic E-state index is -4.36. The Morgan fingerprint density at radius 1 is 1.43 bits per heavy atom. The first-order chi connectivity index (χ1) is 9.83. The van der Waals surface area contributed by atoms with Crippen LogP contribution in [0.15, 0.2) is 0 Å². The molecular formula is C14H25F3N2O2. The van der Waals surface area contributed by atoms with Crippen molar-refractivity contribution in [1.29, 1.82) is 0 Å². The highest BCUT2D eigenvalue weighted by Crippen LogP contribution is 2.22. The molecule has 0 spiro atoms. The summed E-state index contributed by atoms with van der Waals surface area (Å²) in [6.45, 7) is 4.28. The lowest BCUT2D eigenvalue weighted by Gasteiger charge is -2.32. The Morgan fingerprint density at radius 3 is 2.71 bits per heavy atom. The van der Waals surface area contributed by atoms with Crippen LogP contribution in [0.3, 0.4) is 0 Å². The molecule has 7 heteroatoms. The van der Waals surface area contributed by atoms with Gasteiger partial charge in [0.15, 0.2) is 0 Å². The maximum atomic E-state index is 12.6. The van der Waals surface area contributed by atoms with E-state index in [2.05, 4.69) is 5.32 Å². The largest absolute Gasteiger partial charge is 0.406 e. The maximum absolute atomic E-state index is 12.6. The Morgan fingerprint density at radius 2 is 2.14 bits per heavy atom. The van der Waals surface area contributed by atoms with Crippen LogP contribution in [0.2, 0.25) is 0 Å². The Labute approximate surface area is 124 Å². The first kappa shape index (κ1) is 18.2. The number of rotatable bonds is 7. The van der Waals surface area contributed by atoms with Gasteiger partial charge in [-0.15, -0.1) is 0 Å². The molecule has 4 nitrogen and oxygen atoms in total. The number of nitrogens with one attached hydrogen (secondary N) is 1. The van der Waals surface area contributed by atoms with Crippen LogP contribution in [-0.2, 0) is 9.53 Å². The fourth-order valence-corrected chi connectivity index (χ4v) is 2.60. The molecule has 0 aliphatic carbocycles. The molecule has 0 radical (unpaired) electrons. The summed E-state index contributed by atoms with van der Waals surface area (Å²) in [5.74, 6) is -0.687. The summed E-state index contributed by atoms with van der Waals surface area (Å²) in [7, 11) is 0. The van der Waals surface area contributed by atoms with Gasteiger partial charge in [0.2, 0.25) is 5.91 Å². The van der Waals surface area contributed by atoms with Gasteiger partial charge in [-0.2, -0.15) is 13.2 Å². The number of hydrogen-bond donors (Lipinski definition) is 1. The number of piperidine rings is 1. The normalized spacial score (nSPS) is 23.1. The second-order valence-electron chi connectivity index (χ2n) is 5.50. The molecule has 1 aliphatic heterocycles. The SMILES string of the molecule is CCOCCCN(CC(F)(F)F)C(=O)C1CCNC(C)C1. The lowest BCUT2D eigenvalue weighted by atomic mass is 9.92. The number of hydrogen-bond acceptors (Lipinski definition) is 3. The topological polar surface area (TPSA) is 41.6 Å². The van der Waals surface area contributed by atoms with Crippen molar-refractivity contribution in [3.05, 3.63) is 0 Å². The zero-order valence-electron chi connectivity index (χ0n) is 12.7. The molecule has 124 valence electrons. The van der Waals surface area contributed by atoms with E-state index in [1.807, 2.05) is 13.8 Å². The summed E-state index contributed by atoms with van der Waals surface area (Å²) in [5.41, 5.74) is 0. The molecule has 1 N–H and O–H groups in total. The van der Waals surface area contributed by atoms with Gasteiger partial charge in [0.05, 0.1) is 0 Å². The van der Waals surface area contributed by atoms with Crippen LogP contribution >= 0.6 is 0 Å². The number of carbonyl (C=O) groups is 1. The van der Waals surface area contributed by atoms with Crippen LogP contribution in [0.25, 0.3) is 0 Å². The molecule has 1 amide bonds. The Kier molecular flexibility index (Phi) is 7.45. The average molecular weight is 310 g/mol. The van der Waals surface area contributed by atoms with Crippen molar-refractivity contribution in [1.82, 2.24) is 10.2 Å². The van der Waals surface area contributed by atoms with E-state index < -0.39 is 12.7 Å². The summed E-state index contributed by atoms with van der Waals surface area (Å²) in [4.78, 5) is 13.3. The van der Waals surface area contributed by atoms with Crippen LogP contribution in [0.5, 0.6) is 0 Å². The Hall–Kier alpha value is -0.820. The quantitative estimate of drug-likeness (QED) is 0.733. The molecule has 1 heterocycles. The van der Waals surface area contributed by atoms with Crippen molar-refractivity contribution in [2.75, 3.05) is 32.8 Å². The summed E-state index contributed by atoms with van der Waals surface area (Å²) in [6, 6.07) is 0.170. The zero-order chi connectivity index (χ0) is 15.9. The van der Waals surface area contributed by atoms with Crippen LogP contribution in [-0.4, -0.2) is 55.9 Å². The van der Waals surface area contributed by atoms with E-state index in [4.69, 9.17) is 4.74 Å². The van der Waals surface area contributed by atoms with Gasteiger partial charge in [0.1, 0.15) is 6.54 Å². The van der Waals surface area contributed by atoms with Crippen LogP contribution in [0, 0.1) is 5.92 Å². The molecule has 0 saturated carbocycles. The van der Waals surface area contributed by atoms with E-state index in [9.17, 15) is 18.0 Å². The highest BCUT2D eigenvalue weighted by molar-refractivity contribution is 5.79.